The molecule has 1 fully saturated rings. The SMILES string of the molecule is Cc1c(Br)cccc1C(=O)NCC1CN(C)CCN1C. The van der Waals surface area contributed by atoms with Gasteiger partial charge in [-0.3, -0.25) is 9.69 Å². The van der Waals surface area contributed by atoms with Crippen LogP contribution in [0.3, 0.4) is 0 Å². The third-order valence-electron chi connectivity index (χ3n) is 3.99. The first-order valence-corrected chi connectivity index (χ1v) is 7.70. The maximum Gasteiger partial charge on any atom is 0.251 e. The number of amides is 1. The average Bonchev–Trinajstić information content (AvgIpc) is 2.42. The van der Waals surface area contributed by atoms with E-state index in [1.165, 1.54) is 0 Å². The minimum Gasteiger partial charge on any atom is -0.350 e. The van der Waals surface area contributed by atoms with E-state index in [1.54, 1.807) is 0 Å². The minimum atomic E-state index is 0.00502. The molecule has 0 spiro atoms. The van der Waals surface area contributed by atoms with E-state index in [9.17, 15) is 4.79 Å². The van der Waals surface area contributed by atoms with Gasteiger partial charge in [-0.05, 0) is 38.7 Å². The highest BCUT2D eigenvalue weighted by atomic mass is 79.9. The summed E-state index contributed by atoms with van der Waals surface area (Å²) in [4.78, 5) is 16.9. The van der Waals surface area contributed by atoms with E-state index < -0.39 is 0 Å². The van der Waals surface area contributed by atoms with Gasteiger partial charge in [0.15, 0.2) is 0 Å². The summed E-state index contributed by atoms with van der Waals surface area (Å²) in [6.07, 6.45) is 0. The Hall–Kier alpha value is -0.910. The molecular weight excluding hydrogens is 318 g/mol. The standard InChI is InChI=1S/C15H22BrN3O/c1-11-13(5-4-6-14(11)16)15(20)17-9-12-10-18(2)7-8-19(12)3/h4-6,12H,7-10H2,1-3H3,(H,17,20). The number of piperazine rings is 1. The molecule has 0 aromatic heterocycles. The fraction of sp³-hybridized carbons (Fsp3) is 0.533. The van der Waals surface area contributed by atoms with Gasteiger partial charge in [0.25, 0.3) is 5.91 Å². The fourth-order valence-corrected chi connectivity index (χ4v) is 2.85. The molecule has 1 aromatic carbocycles. The number of likely N-dealkylation sites (N-methyl/N-ethyl adjacent to an activating group) is 2. The van der Waals surface area contributed by atoms with Crippen LogP contribution in [0.25, 0.3) is 0 Å². The van der Waals surface area contributed by atoms with Crippen molar-refractivity contribution in [2.45, 2.75) is 13.0 Å². The second kappa shape index (κ2) is 6.70. The third kappa shape index (κ3) is 3.59. The van der Waals surface area contributed by atoms with Gasteiger partial charge in [-0.25, -0.2) is 0 Å². The van der Waals surface area contributed by atoms with Crippen LogP contribution < -0.4 is 5.32 Å². The van der Waals surface area contributed by atoms with Crippen molar-refractivity contribution in [2.24, 2.45) is 0 Å². The number of nitrogens with zero attached hydrogens (tertiary/aromatic N) is 2. The molecule has 1 aliphatic heterocycles. The van der Waals surface area contributed by atoms with Crippen LogP contribution in [0.2, 0.25) is 0 Å². The van der Waals surface area contributed by atoms with E-state index in [2.05, 4.69) is 45.1 Å². The Morgan fingerprint density at radius 3 is 2.90 bits per heavy atom. The van der Waals surface area contributed by atoms with Gasteiger partial charge in [0.2, 0.25) is 0 Å². The third-order valence-corrected chi connectivity index (χ3v) is 4.85. The summed E-state index contributed by atoms with van der Waals surface area (Å²) in [5.41, 5.74) is 1.73. The number of hydrogen-bond acceptors (Lipinski definition) is 3. The molecule has 4 nitrogen and oxygen atoms in total. The first-order valence-electron chi connectivity index (χ1n) is 6.91. The van der Waals surface area contributed by atoms with Gasteiger partial charge in [0.05, 0.1) is 0 Å². The van der Waals surface area contributed by atoms with Crippen LogP contribution in [0.4, 0.5) is 0 Å². The number of carbonyl (C=O) groups is 1. The van der Waals surface area contributed by atoms with Crippen molar-refractivity contribution in [1.82, 2.24) is 15.1 Å². The second-order valence-corrected chi connectivity index (χ2v) is 6.37. The van der Waals surface area contributed by atoms with E-state index in [4.69, 9.17) is 0 Å². The molecule has 1 N–H and O–H groups in total. The molecule has 5 heteroatoms. The van der Waals surface area contributed by atoms with Gasteiger partial charge in [-0.15, -0.1) is 0 Å². The molecule has 1 amide bonds. The topological polar surface area (TPSA) is 35.6 Å². The fourth-order valence-electron chi connectivity index (χ4n) is 2.48. The Balaban J connectivity index is 1.96. The summed E-state index contributed by atoms with van der Waals surface area (Å²) in [5.74, 6) is 0.00502. The van der Waals surface area contributed by atoms with Crippen molar-refractivity contribution in [3.8, 4) is 0 Å². The number of benzene rings is 1. The zero-order valence-corrected chi connectivity index (χ0v) is 13.9. The van der Waals surface area contributed by atoms with E-state index in [0.717, 1.165) is 35.2 Å². The van der Waals surface area contributed by atoms with Crippen LogP contribution >= 0.6 is 15.9 Å². The minimum absolute atomic E-state index is 0.00502. The van der Waals surface area contributed by atoms with Crippen molar-refractivity contribution in [3.05, 3.63) is 33.8 Å². The smallest absolute Gasteiger partial charge is 0.251 e. The summed E-state index contributed by atoms with van der Waals surface area (Å²) in [6, 6.07) is 6.10. The van der Waals surface area contributed by atoms with E-state index in [-0.39, 0.29) is 5.91 Å². The molecule has 0 radical (unpaired) electrons. The summed E-state index contributed by atoms with van der Waals surface area (Å²) >= 11 is 3.46. The molecule has 2 rings (SSSR count). The quantitative estimate of drug-likeness (QED) is 0.910. The predicted octanol–water partition coefficient (Wildman–Crippen LogP) is 1.73. The molecule has 110 valence electrons. The maximum atomic E-state index is 12.3. The van der Waals surface area contributed by atoms with E-state index in [1.807, 2.05) is 25.1 Å². The Labute approximate surface area is 129 Å². The first kappa shape index (κ1) is 15.5. The number of hydrogen-bond donors (Lipinski definition) is 1. The molecular formula is C15H22BrN3O. The van der Waals surface area contributed by atoms with Crippen LogP contribution in [-0.2, 0) is 0 Å². The molecule has 1 heterocycles. The van der Waals surface area contributed by atoms with Gasteiger partial charge >= 0.3 is 0 Å². The van der Waals surface area contributed by atoms with Gasteiger partial charge in [0, 0.05) is 42.3 Å². The van der Waals surface area contributed by atoms with E-state index in [0.29, 0.717) is 12.6 Å². The lowest BCUT2D eigenvalue weighted by Gasteiger charge is -2.37. The highest BCUT2D eigenvalue weighted by Gasteiger charge is 2.22. The number of rotatable bonds is 3. The number of carbonyl (C=O) groups excluding carboxylic acids is 1. The maximum absolute atomic E-state index is 12.3. The van der Waals surface area contributed by atoms with Crippen LogP contribution in [0.15, 0.2) is 22.7 Å². The molecule has 0 aliphatic carbocycles. The molecule has 1 unspecified atom stereocenters. The Kier molecular flexibility index (Phi) is 5.18. The van der Waals surface area contributed by atoms with Gasteiger partial charge in [0.1, 0.15) is 0 Å². The average molecular weight is 340 g/mol. The normalized spacial score (nSPS) is 20.9. The highest BCUT2D eigenvalue weighted by molar-refractivity contribution is 9.10. The number of halogens is 1. The zero-order valence-electron chi connectivity index (χ0n) is 12.3. The molecule has 20 heavy (non-hydrogen) atoms. The first-order chi connectivity index (χ1) is 9.49. The Morgan fingerprint density at radius 1 is 1.40 bits per heavy atom. The molecule has 1 atom stereocenters. The van der Waals surface area contributed by atoms with Crippen LogP contribution in [-0.4, -0.2) is 62.0 Å². The summed E-state index contributed by atoms with van der Waals surface area (Å²) in [6.45, 7) is 5.78. The molecule has 1 aliphatic rings. The number of nitrogens with one attached hydrogen (secondary N) is 1. The molecule has 1 aromatic rings. The monoisotopic (exact) mass is 339 g/mol. The lowest BCUT2D eigenvalue weighted by atomic mass is 10.1. The largest absolute Gasteiger partial charge is 0.350 e. The van der Waals surface area contributed by atoms with Gasteiger partial charge in [-0.1, -0.05) is 22.0 Å². The summed E-state index contributed by atoms with van der Waals surface area (Å²) < 4.78 is 0.972. The van der Waals surface area contributed by atoms with Crippen LogP contribution in [0, 0.1) is 6.92 Å². The van der Waals surface area contributed by atoms with Crippen molar-refractivity contribution in [1.29, 1.82) is 0 Å². The summed E-state index contributed by atoms with van der Waals surface area (Å²) in [7, 11) is 4.24. The van der Waals surface area contributed by atoms with Gasteiger partial charge < -0.3 is 10.2 Å². The molecule has 0 saturated carbocycles. The second-order valence-electron chi connectivity index (χ2n) is 5.52. The van der Waals surface area contributed by atoms with Crippen LogP contribution in [0.5, 0.6) is 0 Å². The lowest BCUT2D eigenvalue weighted by Crippen LogP contribution is -2.54. The van der Waals surface area contributed by atoms with Crippen LogP contribution in [0.1, 0.15) is 15.9 Å². The van der Waals surface area contributed by atoms with Gasteiger partial charge in [-0.2, -0.15) is 0 Å². The van der Waals surface area contributed by atoms with Crippen molar-refractivity contribution < 1.29 is 4.79 Å². The predicted molar refractivity (Wildman–Crippen MR) is 85.1 cm³/mol. The molecule has 1 saturated heterocycles. The van der Waals surface area contributed by atoms with E-state index >= 15 is 0 Å². The lowest BCUT2D eigenvalue weighted by molar-refractivity contribution is 0.0880. The van der Waals surface area contributed by atoms with Crippen molar-refractivity contribution in [3.63, 3.8) is 0 Å². The Bertz CT molecular complexity index is 492. The molecule has 0 bridgehead atoms. The van der Waals surface area contributed by atoms with Crippen molar-refractivity contribution >= 4 is 21.8 Å². The Morgan fingerprint density at radius 2 is 2.15 bits per heavy atom. The zero-order chi connectivity index (χ0) is 14.7. The van der Waals surface area contributed by atoms with Crippen molar-refractivity contribution in [2.75, 3.05) is 40.3 Å². The summed E-state index contributed by atoms with van der Waals surface area (Å²) in [5, 5.41) is 3.06. The highest BCUT2D eigenvalue weighted by Crippen LogP contribution is 2.19.